The summed E-state index contributed by atoms with van der Waals surface area (Å²) >= 11 is 0. The first-order valence-corrected chi connectivity index (χ1v) is 19.4. The number of carbonyl (C=O) groups is 3. The second kappa shape index (κ2) is 15.3. The van der Waals surface area contributed by atoms with Crippen LogP contribution in [-0.2, 0) is 28.2 Å². The molecule has 4 heterocycles. The van der Waals surface area contributed by atoms with E-state index in [2.05, 4.69) is 25.7 Å². The van der Waals surface area contributed by atoms with Gasteiger partial charge in [0.25, 0.3) is 11.8 Å². The first kappa shape index (κ1) is 38.8. The smallest absolute Gasteiger partial charge is 0.410 e. The zero-order valence-electron chi connectivity index (χ0n) is 33.8. The summed E-state index contributed by atoms with van der Waals surface area (Å²) in [4.78, 5) is 49.0. The van der Waals surface area contributed by atoms with E-state index in [1.165, 1.54) is 11.1 Å². The van der Waals surface area contributed by atoms with E-state index in [1.807, 2.05) is 98.8 Å². The van der Waals surface area contributed by atoms with E-state index >= 15 is 0 Å². The van der Waals surface area contributed by atoms with Gasteiger partial charge >= 0.3 is 6.09 Å². The van der Waals surface area contributed by atoms with Crippen LogP contribution in [0.2, 0.25) is 0 Å². The molecule has 0 aliphatic carbocycles. The number of ether oxygens (including phenoxy) is 2. The molecule has 14 heteroatoms. The van der Waals surface area contributed by atoms with Crippen molar-refractivity contribution in [2.45, 2.75) is 58.9 Å². The lowest BCUT2D eigenvalue weighted by Gasteiger charge is -2.49. The van der Waals surface area contributed by atoms with Crippen molar-refractivity contribution >= 4 is 40.0 Å². The van der Waals surface area contributed by atoms with Gasteiger partial charge in [-0.15, -0.1) is 5.10 Å². The number of hydrogen-bond acceptors (Lipinski definition) is 9. The van der Waals surface area contributed by atoms with E-state index in [0.29, 0.717) is 40.5 Å². The topological polar surface area (TPSA) is 149 Å². The largest absolute Gasteiger partial charge is 0.489 e. The lowest BCUT2D eigenvalue weighted by atomic mass is 9.88. The molecule has 1 fully saturated rings. The molecule has 0 bridgehead atoms. The number of likely N-dealkylation sites (tertiary alicyclic amines) is 1. The number of nitrogens with one attached hydrogen (secondary N) is 1. The van der Waals surface area contributed by atoms with Crippen molar-refractivity contribution < 1.29 is 23.9 Å². The van der Waals surface area contributed by atoms with Gasteiger partial charge in [0.05, 0.1) is 25.5 Å². The minimum atomic E-state index is -1.26. The van der Waals surface area contributed by atoms with Crippen molar-refractivity contribution in [1.29, 1.82) is 0 Å². The quantitative estimate of drug-likeness (QED) is 0.152. The second-order valence-electron chi connectivity index (χ2n) is 16.0. The van der Waals surface area contributed by atoms with Crippen LogP contribution in [0.4, 0.5) is 10.5 Å². The number of fused-ring (bicyclic) bond motifs is 2. The predicted octanol–water partition coefficient (Wildman–Crippen LogP) is 7.19. The highest BCUT2D eigenvalue weighted by atomic mass is 16.6. The molecule has 1 N–H and O–H groups in total. The Morgan fingerprint density at radius 1 is 0.915 bits per heavy atom. The molecule has 4 aromatic carbocycles. The van der Waals surface area contributed by atoms with Crippen molar-refractivity contribution in [2.75, 3.05) is 25.5 Å². The van der Waals surface area contributed by atoms with Gasteiger partial charge in [-0.3, -0.25) is 9.59 Å². The summed E-state index contributed by atoms with van der Waals surface area (Å²) in [6.07, 6.45) is 2.71. The van der Waals surface area contributed by atoms with Gasteiger partial charge in [-0.25, -0.2) is 19.0 Å². The number of rotatable bonds is 10. The van der Waals surface area contributed by atoms with Gasteiger partial charge in [-0.2, -0.15) is 5.10 Å². The summed E-state index contributed by atoms with van der Waals surface area (Å²) in [5, 5.41) is 18.2. The molecule has 3 amide bonds. The Hall–Kier alpha value is -7.09. The van der Waals surface area contributed by atoms with Crippen LogP contribution in [0.1, 0.15) is 53.6 Å². The fourth-order valence-corrected chi connectivity index (χ4v) is 7.39. The summed E-state index contributed by atoms with van der Waals surface area (Å²) in [7, 11) is 1.75. The summed E-state index contributed by atoms with van der Waals surface area (Å²) in [6.45, 7) is 9.86. The maximum atomic E-state index is 14.8. The number of carbonyl (C=O) groups excluding carboxylic acids is 3. The SMILES string of the molecule is Cc1cc(C)n2ncc(C(=O)Nc3ccc(-c4cn(C5(C(=O)N(C)Cc6c(OCc7ccccc7)ccc7ccccc67)CN(C(=O)OC(C)(C)C)C5)nn4)cc3)c2n1. The predicted molar refractivity (Wildman–Crippen MR) is 223 cm³/mol. The van der Waals surface area contributed by atoms with Crippen molar-refractivity contribution in [3.05, 3.63) is 138 Å². The molecule has 7 aromatic rings. The van der Waals surface area contributed by atoms with Gasteiger partial charge in [0.15, 0.2) is 11.2 Å². The molecular weight excluding hydrogens is 747 g/mol. The van der Waals surface area contributed by atoms with Crippen molar-refractivity contribution in [3.8, 4) is 17.0 Å². The highest BCUT2D eigenvalue weighted by Gasteiger charge is 2.56. The molecule has 0 spiro atoms. The molecule has 300 valence electrons. The van der Waals surface area contributed by atoms with Gasteiger partial charge in [0.2, 0.25) is 0 Å². The fraction of sp³-hybridized carbons (Fsp3) is 0.267. The molecule has 59 heavy (non-hydrogen) atoms. The number of aromatic nitrogens is 6. The van der Waals surface area contributed by atoms with Crippen molar-refractivity contribution in [1.82, 2.24) is 39.4 Å². The monoisotopic (exact) mass is 791 g/mol. The lowest BCUT2D eigenvalue weighted by Crippen LogP contribution is -2.70. The number of nitrogens with zero attached hydrogens (tertiary/aromatic N) is 8. The summed E-state index contributed by atoms with van der Waals surface area (Å²) < 4.78 is 15.2. The Morgan fingerprint density at radius 2 is 1.64 bits per heavy atom. The van der Waals surface area contributed by atoms with Crippen LogP contribution in [0.5, 0.6) is 5.75 Å². The van der Waals surface area contributed by atoms with Crippen LogP contribution in [0.25, 0.3) is 27.7 Å². The van der Waals surface area contributed by atoms with E-state index in [-0.39, 0.29) is 31.4 Å². The van der Waals surface area contributed by atoms with Gasteiger partial charge in [0, 0.05) is 41.8 Å². The number of benzene rings is 4. The van der Waals surface area contributed by atoms with Gasteiger partial charge < -0.3 is 24.6 Å². The summed E-state index contributed by atoms with van der Waals surface area (Å²) in [5.74, 6) is 0.0912. The van der Waals surface area contributed by atoms with E-state index in [4.69, 9.17) is 9.47 Å². The first-order valence-electron chi connectivity index (χ1n) is 19.4. The third-order valence-corrected chi connectivity index (χ3v) is 10.3. The van der Waals surface area contributed by atoms with Crippen LogP contribution in [0.3, 0.4) is 0 Å². The second-order valence-corrected chi connectivity index (χ2v) is 16.0. The summed E-state index contributed by atoms with van der Waals surface area (Å²) in [5.41, 5.74) is 4.22. The van der Waals surface area contributed by atoms with E-state index in [0.717, 1.165) is 33.3 Å². The molecule has 1 saturated heterocycles. The molecular formula is C45H45N9O5. The van der Waals surface area contributed by atoms with Crippen LogP contribution in [0.15, 0.2) is 109 Å². The third-order valence-electron chi connectivity index (χ3n) is 10.3. The summed E-state index contributed by atoms with van der Waals surface area (Å²) in [6, 6.07) is 31.0. The molecule has 1 aliphatic rings. The van der Waals surface area contributed by atoms with Crippen LogP contribution < -0.4 is 10.1 Å². The number of amides is 3. The van der Waals surface area contributed by atoms with Gasteiger partial charge in [0.1, 0.15) is 29.2 Å². The number of hydrogen-bond donors (Lipinski definition) is 1. The average molecular weight is 792 g/mol. The highest BCUT2D eigenvalue weighted by Crippen LogP contribution is 2.36. The Morgan fingerprint density at radius 3 is 2.39 bits per heavy atom. The zero-order valence-corrected chi connectivity index (χ0v) is 33.8. The normalized spacial score (nSPS) is 13.6. The molecule has 3 aromatic heterocycles. The van der Waals surface area contributed by atoms with Crippen LogP contribution >= 0.6 is 0 Å². The molecule has 0 radical (unpaired) electrons. The van der Waals surface area contributed by atoms with Crippen LogP contribution in [0, 0.1) is 13.8 Å². The highest BCUT2D eigenvalue weighted by molar-refractivity contribution is 6.08. The van der Waals surface area contributed by atoms with Gasteiger partial charge in [-0.1, -0.05) is 78.0 Å². The minimum absolute atomic E-state index is 0.0310. The lowest BCUT2D eigenvalue weighted by molar-refractivity contribution is -0.150. The molecule has 0 unspecified atom stereocenters. The maximum Gasteiger partial charge on any atom is 0.410 e. The molecule has 14 nitrogen and oxygen atoms in total. The molecule has 0 saturated carbocycles. The zero-order chi connectivity index (χ0) is 41.5. The first-order chi connectivity index (χ1) is 28.3. The minimum Gasteiger partial charge on any atom is -0.489 e. The standard InChI is InChI=1S/C45H45N9O5/c1-29-22-30(2)54-40(47-29)36(23-46-54)41(55)48-34-19-16-33(17-20-34)38-25-53(50-49-38)45(27-52(28-45)43(57)59-44(3,4)5)42(56)51(6)24-37-35-15-11-10-14-32(35)18-21-39(37)58-26-31-12-8-7-9-13-31/h7-23,25H,24,26-28H2,1-6H3,(H,48,55). The Balaban J connectivity index is 1.05. The van der Waals surface area contributed by atoms with Gasteiger partial charge in [-0.05, 0) is 75.2 Å². The van der Waals surface area contributed by atoms with Crippen molar-refractivity contribution in [2.24, 2.45) is 0 Å². The van der Waals surface area contributed by atoms with E-state index in [1.54, 1.807) is 60.2 Å². The number of aryl methyl sites for hydroxylation is 2. The fourth-order valence-electron chi connectivity index (χ4n) is 7.39. The Labute approximate surface area is 341 Å². The number of anilines is 1. The van der Waals surface area contributed by atoms with E-state index < -0.39 is 17.2 Å². The number of likely N-dealkylation sites (N-methyl/N-ethyl adjacent to an activating group) is 1. The molecule has 0 atom stereocenters. The average Bonchev–Trinajstić information content (AvgIpc) is 3.86. The molecule has 8 rings (SSSR count). The van der Waals surface area contributed by atoms with E-state index in [9.17, 15) is 14.4 Å². The molecule has 1 aliphatic heterocycles. The van der Waals surface area contributed by atoms with Crippen LogP contribution in [-0.4, -0.2) is 83.0 Å². The third kappa shape index (κ3) is 7.81. The van der Waals surface area contributed by atoms with Crippen molar-refractivity contribution in [3.63, 3.8) is 0 Å². The maximum absolute atomic E-state index is 14.8. The Bertz CT molecular complexity index is 2690. The Kier molecular flexibility index (Phi) is 10.1.